The van der Waals surface area contributed by atoms with Crippen molar-refractivity contribution >= 4 is 51.2 Å². The van der Waals surface area contributed by atoms with Crippen LogP contribution in [0.2, 0.25) is 0 Å². The van der Waals surface area contributed by atoms with E-state index in [2.05, 4.69) is 44.7 Å². The molecule has 7 nitrogen and oxygen atoms in total. The molecule has 1 heterocycles. The Hall–Kier alpha value is -2.14. The van der Waals surface area contributed by atoms with Gasteiger partial charge in [-0.15, -0.1) is 11.3 Å². The summed E-state index contributed by atoms with van der Waals surface area (Å²) in [6.45, 7) is 6.18. The number of benzene rings is 1. The molecule has 0 unspecified atom stereocenters. The van der Waals surface area contributed by atoms with Crippen molar-refractivity contribution in [2.24, 2.45) is 5.10 Å². The van der Waals surface area contributed by atoms with Gasteiger partial charge in [-0.3, -0.25) is 10.2 Å². The van der Waals surface area contributed by atoms with Crippen molar-refractivity contribution in [3.63, 3.8) is 0 Å². The smallest absolute Gasteiger partial charge is 0.311 e. The first kappa shape index (κ1) is 21.2. The number of ether oxygens (including phenoxy) is 3. The summed E-state index contributed by atoms with van der Waals surface area (Å²) in [5.74, 6) is 1.00. The Balaban J connectivity index is 2.02. The number of hydrazone groups is 1. The maximum absolute atomic E-state index is 11.5. The third kappa shape index (κ3) is 6.51. The monoisotopic (exact) mass is 501 g/mol. The maximum atomic E-state index is 11.5. The predicted octanol–water partition coefficient (Wildman–Crippen LogP) is 3.87. The zero-order valence-corrected chi connectivity index (χ0v) is 18.0. The summed E-state index contributed by atoms with van der Waals surface area (Å²) in [7, 11) is 1.59. The van der Waals surface area contributed by atoms with E-state index in [1.807, 2.05) is 12.1 Å². The van der Waals surface area contributed by atoms with E-state index in [1.54, 1.807) is 31.7 Å². The number of hydrogen-bond acceptors (Lipinski definition) is 8. The zero-order chi connectivity index (χ0) is 19.6. The minimum Gasteiger partial charge on any atom is -0.493 e. The van der Waals surface area contributed by atoms with Gasteiger partial charge in [-0.1, -0.05) is 12.7 Å². The molecule has 144 valence electrons. The second-order valence-electron chi connectivity index (χ2n) is 5.13. The van der Waals surface area contributed by atoms with Crippen molar-refractivity contribution in [2.45, 2.75) is 13.3 Å². The molecule has 1 aromatic carbocycles. The standard InChI is InChI=1S/C18H20IN3O4S/c1-4-6-26-17-14(19)7-12(8-15(17)24-3)10-20-22-18-21-13(11-27-18)9-16(23)25-5-2/h4,7-8,10-11H,1,5-6,9H2,2-3H3,(H,21,22). The summed E-state index contributed by atoms with van der Waals surface area (Å²) in [5.41, 5.74) is 4.36. The molecule has 0 fully saturated rings. The van der Waals surface area contributed by atoms with Crippen LogP contribution in [-0.2, 0) is 16.0 Å². The molecular weight excluding hydrogens is 481 g/mol. The number of nitrogens with zero attached hydrogens (tertiary/aromatic N) is 2. The molecule has 0 amide bonds. The van der Waals surface area contributed by atoms with Gasteiger partial charge in [-0.2, -0.15) is 5.10 Å². The van der Waals surface area contributed by atoms with E-state index in [0.717, 1.165) is 9.13 Å². The van der Waals surface area contributed by atoms with E-state index < -0.39 is 0 Å². The van der Waals surface area contributed by atoms with E-state index in [1.165, 1.54) is 11.3 Å². The number of halogens is 1. The van der Waals surface area contributed by atoms with E-state index >= 15 is 0 Å². The summed E-state index contributed by atoms with van der Waals surface area (Å²) in [5, 5.41) is 6.58. The lowest BCUT2D eigenvalue weighted by Gasteiger charge is -2.12. The third-order valence-corrected chi connectivity index (χ3v) is 4.75. The van der Waals surface area contributed by atoms with Crippen LogP contribution in [0.25, 0.3) is 0 Å². The molecule has 27 heavy (non-hydrogen) atoms. The molecule has 0 aliphatic heterocycles. The highest BCUT2D eigenvalue weighted by Crippen LogP contribution is 2.33. The number of rotatable bonds is 10. The Labute approximate surface area is 175 Å². The Bertz CT molecular complexity index is 823. The van der Waals surface area contributed by atoms with Crippen LogP contribution in [0.3, 0.4) is 0 Å². The minimum atomic E-state index is -0.293. The van der Waals surface area contributed by atoms with Gasteiger partial charge in [0.1, 0.15) is 6.61 Å². The highest BCUT2D eigenvalue weighted by Gasteiger charge is 2.11. The summed E-state index contributed by atoms with van der Waals surface area (Å²) in [6, 6.07) is 3.76. The average molecular weight is 501 g/mol. The number of aromatic nitrogens is 1. The Kier molecular flexibility index (Phi) is 8.52. The predicted molar refractivity (Wildman–Crippen MR) is 115 cm³/mol. The molecule has 2 aromatic rings. The van der Waals surface area contributed by atoms with Crippen LogP contribution in [0.4, 0.5) is 5.13 Å². The van der Waals surface area contributed by atoms with E-state index in [4.69, 9.17) is 14.2 Å². The molecule has 0 saturated carbocycles. The van der Waals surface area contributed by atoms with Crippen LogP contribution in [0.15, 0.2) is 35.3 Å². The summed E-state index contributed by atoms with van der Waals surface area (Å²) >= 11 is 3.55. The third-order valence-electron chi connectivity index (χ3n) is 3.15. The first-order valence-corrected chi connectivity index (χ1v) is 10.0. The van der Waals surface area contributed by atoms with E-state index in [9.17, 15) is 4.79 Å². The van der Waals surface area contributed by atoms with Gasteiger partial charge in [-0.05, 0) is 47.2 Å². The Morgan fingerprint density at radius 1 is 1.48 bits per heavy atom. The lowest BCUT2D eigenvalue weighted by Crippen LogP contribution is -2.07. The lowest BCUT2D eigenvalue weighted by atomic mass is 10.2. The molecular formula is C18H20IN3O4S. The number of methoxy groups -OCH3 is 1. The molecule has 0 saturated heterocycles. The van der Waals surface area contributed by atoms with Gasteiger partial charge in [0.2, 0.25) is 5.13 Å². The fraction of sp³-hybridized carbons (Fsp3) is 0.278. The Morgan fingerprint density at radius 2 is 2.30 bits per heavy atom. The normalized spacial score (nSPS) is 10.6. The largest absolute Gasteiger partial charge is 0.493 e. The quantitative estimate of drug-likeness (QED) is 0.175. The lowest BCUT2D eigenvalue weighted by molar-refractivity contribution is -0.142. The van der Waals surface area contributed by atoms with Gasteiger partial charge in [0.25, 0.3) is 0 Å². The van der Waals surface area contributed by atoms with Gasteiger partial charge in [0.05, 0.1) is 35.6 Å². The van der Waals surface area contributed by atoms with Gasteiger partial charge in [0, 0.05) is 5.38 Å². The molecule has 0 radical (unpaired) electrons. The molecule has 9 heteroatoms. The highest BCUT2D eigenvalue weighted by atomic mass is 127. The van der Waals surface area contributed by atoms with Gasteiger partial charge in [0.15, 0.2) is 11.5 Å². The fourth-order valence-electron chi connectivity index (χ4n) is 2.06. The van der Waals surface area contributed by atoms with Crippen molar-refractivity contribution in [1.29, 1.82) is 0 Å². The van der Waals surface area contributed by atoms with Crippen molar-refractivity contribution in [3.05, 3.63) is 45.0 Å². The van der Waals surface area contributed by atoms with Crippen LogP contribution < -0.4 is 14.9 Å². The van der Waals surface area contributed by atoms with Gasteiger partial charge >= 0.3 is 5.97 Å². The molecule has 2 rings (SSSR count). The first-order chi connectivity index (χ1) is 13.1. The van der Waals surface area contributed by atoms with Crippen molar-refractivity contribution in [3.8, 4) is 11.5 Å². The number of anilines is 1. The number of nitrogens with one attached hydrogen (secondary N) is 1. The topological polar surface area (TPSA) is 82.0 Å². The van der Waals surface area contributed by atoms with E-state index in [0.29, 0.717) is 35.5 Å². The van der Waals surface area contributed by atoms with Crippen molar-refractivity contribution in [1.82, 2.24) is 4.98 Å². The summed E-state index contributed by atoms with van der Waals surface area (Å²) in [6.07, 6.45) is 3.49. The molecule has 0 bridgehead atoms. The molecule has 0 aliphatic carbocycles. The van der Waals surface area contributed by atoms with Gasteiger partial charge in [-0.25, -0.2) is 4.98 Å². The SMILES string of the molecule is C=CCOc1c(I)cc(C=NNc2nc(CC(=O)OCC)cs2)cc1OC. The second-order valence-corrected chi connectivity index (χ2v) is 7.15. The van der Waals surface area contributed by atoms with Crippen molar-refractivity contribution < 1.29 is 19.0 Å². The van der Waals surface area contributed by atoms with Crippen LogP contribution in [0.5, 0.6) is 11.5 Å². The number of hydrogen-bond donors (Lipinski definition) is 1. The second kappa shape index (κ2) is 10.9. The average Bonchev–Trinajstić information content (AvgIpc) is 3.07. The molecule has 0 aliphatic rings. The fourth-order valence-corrected chi connectivity index (χ4v) is 3.50. The molecule has 0 atom stereocenters. The van der Waals surface area contributed by atoms with Crippen LogP contribution >= 0.6 is 33.9 Å². The first-order valence-electron chi connectivity index (χ1n) is 8.07. The maximum Gasteiger partial charge on any atom is 0.311 e. The number of carbonyl (C=O) groups is 1. The van der Waals surface area contributed by atoms with Gasteiger partial charge < -0.3 is 14.2 Å². The minimum absolute atomic E-state index is 0.150. The van der Waals surface area contributed by atoms with Crippen LogP contribution in [0.1, 0.15) is 18.2 Å². The zero-order valence-electron chi connectivity index (χ0n) is 15.0. The number of carbonyl (C=O) groups excluding carboxylic acids is 1. The number of thiazole rings is 1. The molecule has 1 N–H and O–H groups in total. The molecule has 1 aromatic heterocycles. The molecule has 0 spiro atoms. The summed E-state index contributed by atoms with van der Waals surface area (Å²) < 4.78 is 16.8. The Morgan fingerprint density at radius 3 is 3.00 bits per heavy atom. The van der Waals surface area contributed by atoms with Crippen LogP contribution in [-0.4, -0.2) is 37.5 Å². The highest BCUT2D eigenvalue weighted by molar-refractivity contribution is 14.1. The summed E-state index contributed by atoms with van der Waals surface area (Å²) in [4.78, 5) is 15.8. The van der Waals surface area contributed by atoms with Crippen molar-refractivity contribution in [2.75, 3.05) is 25.7 Å². The number of esters is 1. The van der Waals surface area contributed by atoms with Crippen LogP contribution in [0, 0.1) is 3.57 Å². The van der Waals surface area contributed by atoms with E-state index in [-0.39, 0.29) is 12.4 Å².